The molecule has 0 saturated heterocycles. The van der Waals surface area contributed by atoms with Gasteiger partial charge in [0.2, 0.25) is 0 Å². The second-order valence-corrected chi connectivity index (χ2v) is 4.86. The van der Waals surface area contributed by atoms with E-state index in [0.29, 0.717) is 0 Å². The molecule has 1 N–H and O–H groups in total. The summed E-state index contributed by atoms with van der Waals surface area (Å²) in [5.74, 6) is 0.718. The molecule has 0 amide bonds. The van der Waals surface area contributed by atoms with Crippen molar-refractivity contribution < 1.29 is 4.21 Å². The zero-order chi connectivity index (χ0) is 9.42. The highest BCUT2D eigenvalue weighted by atomic mass is 32.2. The van der Waals surface area contributed by atoms with Gasteiger partial charge < -0.3 is 5.32 Å². The van der Waals surface area contributed by atoms with Gasteiger partial charge in [-0.3, -0.25) is 4.21 Å². The Bertz CT molecular complexity index is 362. The first kappa shape index (κ1) is 8.91. The third-order valence-corrected chi connectivity index (χ3v) is 3.95. The molecule has 0 aromatic heterocycles. The summed E-state index contributed by atoms with van der Waals surface area (Å²) in [4.78, 5) is 1.00. The van der Waals surface area contributed by atoms with E-state index in [1.807, 2.05) is 19.2 Å². The molecule has 0 spiro atoms. The van der Waals surface area contributed by atoms with Crippen molar-refractivity contribution in [2.24, 2.45) is 0 Å². The van der Waals surface area contributed by atoms with Gasteiger partial charge >= 0.3 is 0 Å². The van der Waals surface area contributed by atoms with Gasteiger partial charge in [0.25, 0.3) is 0 Å². The van der Waals surface area contributed by atoms with Crippen LogP contribution in [0.1, 0.15) is 17.2 Å². The standard InChI is InChI=1S/C10H13NOS/c1-7-3-4-10-8(5-7)9(11-2)6-13(10)12/h3-5,9,11H,6H2,1-2H3. The third-order valence-electron chi connectivity index (χ3n) is 2.45. The van der Waals surface area contributed by atoms with Gasteiger partial charge in [0.1, 0.15) is 0 Å². The Kier molecular flexibility index (Phi) is 2.22. The Labute approximate surface area is 80.8 Å². The van der Waals surface area contributed by atoms with E-state index in [4.69, 9.17) is 0 Å². The van der Waals surface area contributed by atoms with Crippen LogP contribution in [-0.4, -0.2) is 17.0 Å². The lowest BCUT2D eigenvalue weighted by Crippen LogP contribution is -2.16. The molecule has 1 aliphatic heterocycles. The number of rotatable bonds is 1. The van der Waals surface area contributed by atoms with Crippen LogP contribution in [0.15, 0.2) is 23.1 Å². The van der Waals surface area contributed by atoms with Crippen molar-refractivity contribution in [2.45, 2.75) is 17.9 Å². The number of fused-ring (bicyclic) bond motifs is 1. The monoisotopic (exact) mass is 195 g/mol. The van der Waals surface area contributed by atoms with Crippen molar-refractivity contribution in [3.8, 4) is 0 Å². The molecule has 0 aliphatic carbocycles. The first-order valence-corrected chi connectivity index (χ1v) is 5.70. The van der Waals surface area contributed by atoms with Gasteiger partial charge in [0.05, 0.1) is 10.8 Å². The van der Waals surface area contributed by atoms with Crippen molar-refractivity contribution in [3.63, 3.8) is 0 Å². The second-order valence-electron chi connectivity index (χ2n) is 3.39. The first-order valence-electron chi connectivity index (χ1n) is 4.38. The van der Waals surface area contributed by atoms with Crippen molar-refractivity contribution in [1.29, 1.82) is 0 Å². The highest BCUT2D eigenvalue weighted by molar-refractivity contribution is 7.85. The normalized spacial score (nSPS) is 26.0. The van der Waals surface area contributed by atoms with E-state index in [1.54, 1.807) is 0 Å². The fraction of sp³-hybridized carbons (Fsp3) is 0.400. The topological polar surface area (TPSA) is 29.1 Å². The van der Waals surface area contributed by atoms with E-state index >= 15 is 0 Å². The van der Waals surface area contributed by atoms with Crippen LogP contribution < -0.4 is 5.32 Å². The highest BCUT2D eigenvalue weighted by Gasteiger charge is 2.26. The maximum Gasteiger partial charge on any atom is 0.0552 e. The minimum absolute atomic E-state index is 0.274. The number of benzene rings is 1. The van der Waals surface area contributed by atoms with Crippen molar-refractivity contribution in [3.05, 3.63) is 29.3 Å². The molecule has 13 heavy (non-hydrogen) atoms. The average Bonchev–Trinajstić information content (AvgIpc) is 2.42. The summed E-state index contributed by atoms with van der Waals surface area (Å²) in [6.07, 6.45) is 0. The van der Waals surface area contributed by atoms with Gasteiger partial charge in [-0.05, 0) is 25.6 Å². The Hall–Kier alpha value is -0.670. The van der Waals surface area contributed by atoms with Gasteiger partial charge in [-0.2, -0.15) is 0 Å². The minimum atomic E-state index is -0.799. The van der Waals surface area contributed by atoms with Crippen molar-refractivity contribution >= 4 is 10.8 Å². The fourth-order valence-electron chi connectivity index (χ4n) is 1.72. The van der Waals surface area contributed by atoms with E-state index in [-0.39, 0.29) is 6.04 Å². The van der Waals surface area contributed by atoms with Crippen LogP contribution in [0.2, 0.25) is 0 Å². The van der Waals surface area contributed by atoms with Gasteiger partial charge in [0.15, 0.2) is 0 Å². The quantitative estimate of drug-likeness (QED) is 0.733. The van der Waals surface area contributed by atoms with Crippen LogP contribution in [-0.2, 0) is 10.8 Å². The molecule has 0 fully saturated rings. The summed E-state index contributed by atoms with van der Waals surface area (Å²) in [6, 6.07) is 6.41. The van der Waals surface area contributed by atoms with E-state index < -0.39 is 10.8 Å². The van der Waals surface area contributed by atoms with E-state index in [9.17, 15) is 4.21 Å². The number of aryl methyl sites for hydroxylation is 1. The Balaban J connectivity index is 2.52. The summed E-state index contributed by atoms with van der Waals surface area (Å²) in [5.41, 5.74) is 2.44. The predicted molar refractivity (Wildman–Crippen MR) is 54.3 cm³/mol. The summed E-state index contributed by atoms with van der Waals surface area (Å²) >= 11 is 0. The zero-order valence-corrected chi connectivity index (χ0v) is 8.65. The first-order chi connectivity index (χ1) is 6.22. The maximum atomic E-state index is 11.6. The molecule has 0 bridgehead atoms. The number of nitrogens with one attached hydrogen (secondary N) is 1. The van der Waals surface area contributed by atoms with Gasteiger partial charge in [0, 0.05) is 16.7 Å². The Morgan fingerprint density at radius 2 is 2.31 bits per heavy atom. The molecule has 3 heteroatoms. The lowest BCUT2D eigenvalue weighted by atomic mass is 10.1. The average molecular weight is 195 g/mol. The molecule has 0 saturated carbocycles. The fourth-order valence-corrected chi connectivity index (χ4v) is 3.23. The van der Waals surface area contributed by atoms with E-state index in [2.05, 4.69) is 18.3 Å². The summed E-state index contributed by atoms with van der Waals surface area (Å²) < 4.78 is 11.6. The summed E-state index contributed by atoms with van der Waals surface area (Å²) in [5, 5.41) is 3.18. The SMILES string of the molecule is CNC1CS(=O)c2ccc(C)cc21. The smallest absolute Gasteiger partial charge is 0.0552 e. The molecule has 70 valence electrons. The highest BCUT2D eigenvalue weighted by Crippen LogP contribution is 2.30. The molecule has 0 radical (unpaired) electrons. The molecule has 1 aliphatic rings. The maximum absolute atomic E-state index is 11.6. The van der Waals surface area contributed by atoms with Crippen LogP contribution >= 0.6 is 0 Å². The van der Waals surface area contributed by atoms with E-state index in [1.165, 1.54) is 11.1 Å². The van der Waals surface area contributed by atoms with Crippen molar-refractivity contribution in [2.75, 3.05) is 12.8 Å². The molecule has 2 unspecified atom stereocenters. The molecule has 2 rings (SSSR count). The van der Waals surface area contributed by atoms with E-state index in [0.717, 1.165) is 10.6 Å². The van der Waals surface area contributed by atoms with Gasteiger partial charge in [-0.15, -0.1) is 0 Å². The second kappa shape index (κ2) is 3.24. The minimum Gasteiger partial charge on any atom is -0.312 e. The Morgan fingerprint density at radius 3 is 3.00 bits per heavy atom. The van der Waals surface area contributed by atoms with Crippen LogP contribution in [0.25, 0.3) is 0 Å². The largest absolute Gasteiger partial charge is 0.312 e. The summed E-state index contributed by atoms with van der Waals surface area (Å²) in [7, 11) is 1.12. The van der Waals surface area contributed by atoms with Crippen LogP contribution in [0.5, 0.6) is 0 Å². The molecule has 1 aromatic rings. The van der Waals surface area contributed by atoms with Crippen LogP contribution in [0, 0.1) is 6.92 Å². The molecular weight excluding hydrogens is 182 g/mol. The zero-order valence-electron chi connectivity index (χ0n) is 7.83. The van der Waals surface area contributed by atoms with Crippen molar-refractivity contribution in [1.82, 2.24) is 5.32 Å². The lowest BCUT2D eigenvalue weighted by Gasteiger charge is -2.08. The number of hydrogen-bond donors (Lipinski definition) is 1. The predicted octanol–water partition coefficient (Wildman–Crippen LogP) is 1.38. The van der Waals surface area contributed by atoms with Gasteiger partial charge in [-0.1, -0.05) is 17.7 Å². The Morgan fingerprint density at radius 1 is 1.54 bits per heavy atom. The molecule has 1 aromatic carbocycles. The lowest BCUT2D eigenvalue weighted by molar-refractivity contribution is 0.652. The molecule has 2 atom stereocenters. The molecule has 1 heterocycles. The third kappa shape index (κ3) is 1.42. The molecule has 2 nitrogen and oxygen atoms in total. The van der Waals surface area contributed by atoms with Crippen LogP contribution in [0.4, 0.5) is 0 Å². The number of hydrogen-bond acceptors (Lipinski definition) is 2. The molecular formula is C10H13NOS. The summed E-state index contributed by atoms with van der Waals surface area (Å²) in [6.45, 7) is 2.06. The van der Waals surface area contributed by atoms with Crippen LogP contribution in [0.3, 0.4) is 0 Å². The van der Waals surface area contributed by atoms with Gasteiger partial charge in [-0.25, -0.2) is 0 Å².